The lowest BCUT2D eigenvalue weighted by atomic mass is 10.0. The number of carbonyl (C=O) groups excluding carboxylic acids is 2. The van der Waals surface area contributed by atoms with Crippen LogP contribution in [0.1, 0.15) is 42.0 Å². The molecule has 2 amide bonds. The van der Waals surface area contributed by atoms with E-state index in [0.29, 0.717) is 22.6 Å². The minimum atomic E-state index is -0.412. The number of rotatable bonds is 7. The summed E-state index contributed by atoms with van der Waals surface area (Å²) in [5, 5.41) is 6.07. The number of hydrogen-bond acceptors (Lipinski definition) is 7. The zero-order chi connectivity index (χ0) is 21.1. The van der Waals surface area contributed by atoms with Crippen LogP contribution in [0, 0.1) is 0 Å². The topological polar surface area (TPSA) is 110 Å². The summed E-state index contributed by atoms with van der Waals surface area (Å²) in [5.41, 5.74) is 2.07. The Morgan fingerprint density at radius 3 is 2.67 bits per heavy atom. The van der Waals surface area contributed by atoms with Gasteiger partial charge in [0.15, 0.2) is 10.9 Å². The van der Waals surface area contributed by atoms with Gasteiger partial charge in [0.25, 0.3) is 0 Å². The summed E-state index contributed by atoms with van der Waals surface area (Å²) >= 11 is 1.54. The monoisotopic (exact) mass is 420 g/mol. The second kappa shape index (κ2) is 8.50. The van der Waals surface area contributed by atoms with E-state index < -0.39 is 5.92 Å². The maximum absolute atomic E-state index is 12.7. The molecular formula is C21H20N6O2S. The Kier molecular flexibility index (Phi) is 5.62. The van der Waals surface area contributed by atoms with Gasteiger partial charge >= 0.3 is 0 Å². The zero-order valence-electron chi connectivity index (χ0n) is 16.3. The number of carbonyl (C=O) groups is 2. The van der Waals surface area contributed by atoms with E-state index in [2.05, 4.69) is 37.1 Å². The predicted molar refractivity (Wildman–Crippen MR) is 115 cm³/mol. The fraction of sp³-hybridized carbons (Fsp3) is 0.238. The molecule has 0 bridgehead atoms. The molecule has 0 aliphatic heterocycles. The van der Waals surface area contributed by atoms with Crippen molar-refractivity contribution in [2.24, 2.45) is 0 Å². The van der Waals surface area contributed by atoms with Gasteiger partial charge in [-0.05, 0) is 43.4 Å². The van der Waals surface area contributed by atoms with Crippen molar-refractivity contribution in [3.05, 3.63) is 60.1 Å². The van der Waals surface area contributed by atoms with Crippen molar-refractivity contribution in [1.29, 1.82) is 0 Å². The molecule has 2 N–H and O–H groups in total. The van der Waals surface area contributed by atoms with Gasteiger partial charge in [0.2, 0.25) is 11.8 Å². The average molecular weight is 420 g/mol. The molecule has 0 spiro atoms. The number of anilines is 2. The van der Waals surface area contributed by atoms with E-state index in [1.807, 2.05) is 19.2 Å². The lowest BCUT2D eigenvalue weighted by molar-refractivity contribution is -0.117. The molecule has 3 aromatic heterocycles. The minimum absolute atomic E-state index is 0.140. The molecule has 0 saturated heterocycles. The summed E-state index contributed by atoms with van der Waals surface area (Å²) < 4.78 is 0. The van der Waals surface area contributed by atoms with Gasteiger partial charge in [0, 0.05) is 29.0 Å². The first-order valence-electron chi connectivity index (χ1n) is 9.51. The summed E-state index contributed by atoms with van der Waals surface area (Å²) in [7, 11) is 0. The van der Waals surface area contributed by atoms with Crippen molar-refractivity contribution < 1.29 is 9.59 Å². The molecule has 3 heterocycles. The molecule has 0 radical (unpaired) electrons. The van der Waals surface area contributed by atoms with Crippen LogP contribution >= 0.6 is 11.3 Å². The van der Waals surface area contributed by atoms with Crippen LogP contribution in [0.25, 0.3) is 11.3 Å². The molecule has 1 atom stereocenters. The number of hydrogen-bond donors (Lipinski definition) is 2. The first kappa shape index (κ1) is 19.8. The molecule has 152 valence electrons. The SMILES string of the molecule is C=CC(=O)Nc1cnc(-c2cncc(C(C)C(=O)Nc3ncc(C4CC4)s3)c2)cn1. The number of thiazole rings is 1. The van der Waals surface area contributed by atoms with Crippen LogP contribution in [0.5, 0.6) is 0 Å². The fourth-order valence-electron chi connectivity index (χ4n) is 2.82. The summed E-state index contributed by atoms with van der Waals surface area (Å²) in [6.45, 7) is 5.22. The van der Waals surface area contributed by atoms with Gasteiger partial charge in [0.05, 0.1) is 24.0 Å². The third-order valence-corrected chi connectivity index (χ3v) is 5.85. The fourth-order valence-corrected chi connectivity index (χ4v) is 3.81. The van der Waals surface area contributed by atoms with Crippen LogP contribution in [0.15, 0.2) is 49.7 Å². The molecule has 0 aromatic carbocycles. The first-order valence-corrected chi connectivity index (χ1v) is 10.3. The molecule has 1 unspecified atom stereocenters. The average Bonchev–Trinajstić information content (AvgIpc) is 3.52. The van der Waals surface area contributed by atoms with Crippen molar-refractivity contribution in [2.45, 2.75) is 31.6 Å². The number of amides is 2. The lowest BCUT2D eigenvalue weighted by Gasteiger charge is -2.12. The van der Waals surface area contributed by atoms with Gasteiger partial charge < -0.3 is 10.6 Å². The summed E-state index contributed by atoms with van der Waals surface area (Å²) in [6.07, 6.45) is 11.7. The summed E-state index contributed by atoms with van der Waals surface area (Å²) in [5.74, 6) is 0.0349. The van der Waals surface area contributed by atoms with E-state index in [-0.39, 0.29) is 11.8 Å². The Balaban J connectivity index is 1.45. The second-order valence-corrected chi connectivity index (χ2v) is 8.10. The molecule has 1 aliphatic rings. The van der Waals surface area contributed by atoms with Crippen LogP contribution in [-0.4, -0.2) is 31.8 Å². The second-order valence-electron chi connectivity index (χ2n) is 7.04. The van der Waals surface area contributed by atoms with Crippen molar-refractivity contribution in [3.63, 3.8) is 0 Å². The number of nitrogens with one attached hydrogen (secondary N) is 2. The third kappa shape index (κ3) is 4.57. The van der Waals surface area contributed by atoms with Gasteiger partial charge in [-0.15, -0.1) is 11.3 Å². The minimum Gasteiger partial charge on any atom is -0.306 e. The van der Waals surface area contributed by atoms with E-state index in [1.54, 1.807) is 18.6 Å². The Labute approximate surface area is 177 Å². The quantitative estimate of drug-likeness (QED) is 0.564. The van der Waals surface area contributed by atoms with E-state index in [1.165, 1.54) is 35.3 Å². The Morgan fingerprint density at radius 2 is 1.97 bits per heavy atom. The molecule has 9 heteroatoms. The maximum Gasteiger partial charge on any atom is 0.248 e. The zero-order valence-corrected chi connectivity index (χ0v) is 17.1. The van der Waals surface area contributed by atoms with Crippen molar-refractivity contribution in [1.82, 2.24) is 19.9 Å². The third-order valence-electron chi connectivity index (χ3n) is 4.77. The molecule has 30 heavy (non-hydrogen) atoms. The van der Waals surface area contributed by atoms with E-state index in [0.717, 1.165) is 17.2 Å². The molecule has 4 rings (SSSR count). The van der Waals surface area contributed by atoms with Crippen molar-refractivity contribution >= 4 is 34.1 Å². The van der Waals surface area contributed by atoms with Crippen LogP contribution in [-0.2, 0) is 9.59 Å². The van der Waals surface area contributed by atoms with E-state index >= 15 is 0 Å². The molecule has 8 nitrogen and oxygen atoms in total. The van der Waals surface area contributed by atoms with Crippen LogP contribution < -0.4 is 10.6 Å². The van der Waals surface area contributed by atoms with E-state index in [4.69, 9.17) is 0 Å². The summed E-state index contributed by atoms with van der Waals surface area (Å²) in [6, 6.07) is 1.86. The first-order chi connectivity index (χ1) is 14.5. The highest BCUT2D eigenvalue weighted by Gasteiger charge is 2.26. The smallest absolute Gasteiger partial charge is 0.248 e. The summed E-state index contributed by atoms with van der Waals surface area (Å²) in [4.78, 5) is 42.3. The van der Waals surface area contributed by atoms with Gasteiger partial charge in [-0.25, -0.2) is 9.97 Å². The lowest BCUT2D eigenvalue weighted by Crippen LogP contribution is -2.18. The van der Waals surface area contributed by atoms with Crippen LogP contribution in [0.3, 0.4) is 0 Å². The van der Waals surface area contributed by atoms with Crippen LogP contribution in [0.4, 0.5) is 10.9 Å². The molecule has 1 fully saturated rings. The number of nitrogens with zero attached hydrogens (tertiary/aromatic N) is 4. The van der Waals surface area contributed by atoms with Gasteiger partial charge in [-0.3, -0.25) is 19.6 Å². The highest BCUT2D eigenvalue weighted by molar-refractivity contribution is 7.15. The highest BCUT2D eigenvalue weighted by Crippen LogP contribution is 2.43. The maximum atomic E-state index is 12.7. The normalized spacial score (nSPS) is 14.0. The molecule has 1 aliphatic carbocycles. The van der Waals surface area contributed by atoms with Crippen molar-refractivity contribution in [3.8, 4) is 11.3 Å². The van der Waals surface area contributed by atoms with Gasteiger partial charge in [-0.1, -0.05) is 6.58 Å². The molecular weight excluding hydrogens is 400 g/mol. The molecule has 1 saturated carbocycles. The van der Waals surface area contributed by atoms with Crippen LogP contribution in [0.2, 0.25) is 0 Å². The predicted octanol–water partition coefficient (Wildman–Crippen LogP) is 3.74. The Bertz CT molecular complexity index is 1090. The van der Waals surface area contributed by atoms with Gasteiger partial charge in [0.1, 0.15) is 0 Å². The highest BCUT2D eigenvalue weighted by atomic mass is 32.1. The number of pyridine rings is 1. The Morgan fingerprint density at radius 1 is 1.13 bits per heavy atom. The largest absolute Gasteiger partial charge is 0.306 e. The van der Waals surface area contributed by atoms with E-state index in [9.17, 15) is 9.59 Å². The Hall–Kier alpha value is -3.46. The van der Waals surface area contributed by atoms with Gasteiger partial charge in [-0.2, -0.15) is 0 Å². The van der Waals surface area contributed by atoms with Crippen molar-refractivity contribution in [2.75, 3.05) is 10.6 Å². The standard InChI is InChI=1S/C21H20N6O2S/c1-3-19(28)26-18-11-23-16(9-24-18)15-6-14(7-22-8-15)12(2)20(29)27-21-25-10-17(30-21)13-4-5-13/h3,6-13H,1,4-5H2,2H3,(H,24,26,28)(H,25,27,29). The number of aromatic nitrogens is 4. The molecule has 3 aromatic rings.